The zero-order chi connectivity index (χ0) is 14.1. The van der Waals surface area contributed by atoms with E-state index in [9.17, 15) is 9.59 Å². The van der Waals surface area contributed by atoms with E-state index in [2.05, 4.69) is 15.0 Å². The Morgan fingerprint density at radius 2 is 2.05 bits per heavy atom. The van der Waals surface area contributed by atoms with Crippen LogP contribution in [0.1, 0.15) is 10.4 Å². The van der Waals surface area contributed by atoms with Crippen LogP contribution in [-0.4, -0.2) is 26.0 Å². The Balaban J connectivity index is 2.00. The number of aromatic amines is 2. The molecule has 0 aliphatic rings. The van der Waals surface area contributed by atoms with Crippen LogP contribution in [0.2, 0.25) is 0 Å². The standard InChI is InChI=1S/C13H9N3O4/c17-12(18)8-3-1-2-4-10(8)20-7-5-9-11(14-6-7)16-13(19)15-9/h1-6H,(H,17,18)(H2,14,15,16,19). The minimum absolute atomic E-state index is 0.0511. The first-order chi connectivity index (χ1) is 9.63. The Morgan fingerprint density at radius 3 is 2.85 bits per heavy atom. The lowest BCUT2D eigenvalue weighted by Gasteiger charge is -2.07. The van der Waals surface area contributed by atoms with Gasteiger partial charge in [0.25, 0.3) is 0 Å². The third-order valence-corrected chi connectivity index (χ3v) is 2.69. The molecule has 0 saturated carbocycles. The molecule has 100 valence electrons. The smallest absolute Gasteiger partial charge is 0.339 e. The van der Waals surface area contributed by atoms with Gasteiger partial charge in [-0.1, -0.05) is 12.1 Å². The predicted molar refractivity (Wildman–Crippen MR) is 70.2 cm³/mol. The first-order valence-electron chi connectivity index (χ1n) is 5.72. The number of hydrogen-bond donors (Lipinski definition) is 3. The number of aromatic nitrogens is 3. The number of aromatic carboxylic acids is 1. The summed E-state index contributed by atoms with van der Waals surface area (Å²) in [5.41, 5.74) is 0.583. The van der Waals surface area contributed by atoms with Gasteiger partial charge in [-0.25, -0.2) is 14.6 Å². The summed E-state index contributed by atoms with van der Waals surface area (Å²) in [4.78, 5) is 31.3. The maximum absolute atomic E-state index is 11.1. The molecule has 7 heteroatoms. The highest BCUT2D eigenvalue weighted by atomic mass is 16.5. The molecule has 0 amide bonds. The summed E-state index contributed by atoms with van der Waals surface area (Å²) in [7, 11) is 0. The predicted octanol–water partition coefficient (Wildman–Crippen LogP) is 1.74. The fourth-order valence-corrected chi connectivity index (χ4v) is 1.82. The molecule has 3 rings (SSSR count). The molecule has 0 aliphatic carbocycles. The van der Waals surface area contributed by atoms with Crippen LogP contribution in [0.4, 0.5) is 0 Å². The molecule has 0 atom stereocenters. The minimum Gasteiger partial charge on any atom is -0.478 e. The van der Waals surface area contributed by atoms with E-state index in [-0.39, 0.29) is 17.0 Å². The van der Waals surface area contributed by atoms with E-state index in [1.807, 2.05) is 0 Å². The van der Waals surface area contributed by atoms with E-state index < -0.39 is 5.97 Å². The summed E-state index contributed by atoms with van der Waals surface area (Å²) in [6.07, 6.45) is 1.41. The molecule has 3 aromatic rings. The van der Waals surface area contributed by atoms with Crippen molar-refractivity contribution in [2.24, 2.45) is 0 Å². The van der Waals surface area contributed by atoms with Gasteiger partial charge in [0.15, 0.2) is 5.65 Å². The topological polar surface area (TPSA) is 108 Å². The average molecular weight is 271 g/mol. The molecule has 0 aliphatic heterocycles. The lowest BCUT2D eigenvalue weighted by molar-refractivity contribution is 0.0694. The summed E-state index contributed by atoms with van der Waals surface area (Å²) in [5.74, 6) is -0.537. The van der Waals surface area contributed by atoms with Crippen LogP contribution in [0.15, 0.2) is 41.3 Å². The van der Waals surface area contributed by atoms with Crippen LogP contribution in [0, 0.1) is 0 Å². The van der Waals surface area contributed by atoms with Crippen molar-refractivity contribution in [3.05, 3.63) is 52.6 Å². The number of carboxylic acid groups (broad SMARTS) is 1. The Hall–Kier alpha value is -3.09. The van der Waals surface area contributed by atoms with Gasteiger partial charge in [-0.2, -0.15) is 0 Å². The molecule has 0 unspecified atom stereocenters. The summed E-state index contributed by atoms with van der Waals surface area (Å²) in [6, 6.07) is 7.85. The van der Waals surface area contributed by atoms with Crippen molar-refractivity contribution < 1.29 is 14.6 Å². The Morgan fingerprint density at radius 1 is 1.25 bits per heavy atom. The Kier molecular flexibility index (Phi) is 2.72. The monoisotopic (exact) mass is 271 g/mol. The largest absolute Gasteiger partial charge is 0.478 e. The van der Waals surface area contributed by atoms with E-state index in [1.54, 1.807) is 24.3 Å². The number of imidazole rings is 1. The summed E-state index contributed by atoms with van der Waals surface area (Å²) < 4.78 is 5.51. The number of rotatable bonds is 3. The van der Waals surface area contributed by atoms with Crippen LogP contribution in [0.3, 0.4) is 0 Å². The lowest BCUT2D eigenvalue weighted by Crippen LogP contribution is -1.99. The number of H-pyrrole nitrogens is 2. The van der Waals surface area contributed by atoms with Gasteiger partial charge in [-0.05, 0) is 12.1 Å². The Bertz CT molecular complexity index is 850. The number of hydrogen-bond acceptors (Lipinski definition) is 4. The molecule has 2 heterocycles. The molecule has 0 bridgehead atoms. The van der Waals surface area contributed by atoms with E-state index in [0.29, 0.717) is 16.9 Å². The lowest BCUT2D eigenvalue weighted by atomic mass is 10.2. The molecular formula is C13H9N3O4. The number of ether oxygens (including phenoxy) is 1. The van der Waals surface area contributed by atoms with Gasteiger partial charge in [-0.15, -0.1) is 0 Å². The maximum Gasteiger partial charge on any atom is 0.339 e. The second-order valence-corrected chi connectivity index (χ2v) is 4.05. The van der Waals surface area contributed by atoms with Crippen LogP contribution in [0.5, 0.6) is 11.5 Å². The summed E-state index contributed by atoms with van der Waals surface area (Å²) >= 11 is 0. The molecule has 3 N–H and O–H groups in total. The fraction of sp³-hybridized carbons (Fsp3) is 0. The normalized spacial score (nSPS) is 10.6. The molecule has 0 spiro atoms. The number of carbonyl (C=O) groups is 1. The molecule has 7 nitrogen and oxygen atoms in total. The van der Waals surface area contributed by atoms with Crippen molar-refractivity contribution >= 4 is 17.1 Å². The van der Waals surface area contributed by atoms with Gasteiger partial charge in [0, 0.05) is 6.07 Å². The van der Waals surface area contributed by atoms with Gasteiger partial charge in [0.1, 0.15) is 17.1 Å². The molecular weight excluding hydrogens is 262 g/mol. The van der Waals surface area contributed by atoms with Crippen LogP contribution >= 0.6 is 0 Å². The summed E-state index contributed by atoms with van der Waals surface area (Å²) in [5, 5.41) is 9.07. The second-order valence-electron chi connectivity index (χ2n) is 4.05. The van der Waals surface area contributed by atoms with E-state index in [0.717, 1.165) is 0 Å². The first-order valence-corrected chi connectivity index (χ1v) is 5.72. The Labute approximate surface area is 111 Å². The van der Waals surface area contributed by atoms with E-state index in [4.69, 9.17) is 9.84 Å². The third kappa shape index (κ3) is 2.12. The van der Waals surface area contributed by atoms with Crippen molar-refractivity contribution in [2.75, 3.05) is 0 Å². The number of benzene rings is 1. The molecule has 2 aromatic heterocycles. The first kappa shape index (κ1) is 12.0. The van der Waals surface area contributed by atoms with Crippen LogP contribution in [0.25, 0.3) is 11.2 Å². The molecule has 20 heavy (non-hydrogen) atoms. The summed E-state index contributed by atoms with van der Waals surface area (Å²) in [6.45, 7) is 0. The fourth-order valence-electron chi connectivity index (χ4n) is 1.82. The number of carboxylic acids is 1. The van der Waals surface area contributed by atoms with E-state index >= 15 is 0 Å². The van der Waals surface area contributed by atoms with Crippen molar-refractivity contribution in [3.8, 4) is 11.5 Å². The van der Waals surface area contributed by atoms with Gasteiger partial charge >= 0.3 is 11.7 Å². The zero-order valence-corrected chi connectivity index (χ0v) is 10.1. The van der Waals surface area contributed by atoms with Gasteiger partial charge in [0.05, 0.1) is 11.7 Å². The number of pyridine rings is 1. The van der Waals surface area contributed by atoms with Crippen molar-refractivity contribution in [2.45, 2.75) is 0 Å². The van der Waals surface area contributed by atoms with Gasteiger partial charge in [-0.3, -0.25) is 4.98 Å². The van der Waals surface area contributed by atoms with Crippen LogP contribution in [-0.2, 0) is 0 Å². The highest BCUT2D eigenvalue weighted by molar-refractivity contribution is 5.91. The average Bonchev–Trinajstić information content (AvgIpc) is 2.78. The zero-order valence-electron chi connectivity index (χ0n) is 10.1. The minimum atomic E-state index is -1.08. The highest BCUT2D eigenvalue weighted by Gasteiger charge is 2.11. The second kappa shape index (κ2) is 4.54. The molecule has 0 saturated heterocycles. The number of nitrogens with one attached hydrogen (secondary N) is 2. The van der Waals surface area contributed by atoms with Crippen molar-refractivity contribution in [3.63, 3.8) is 0 Å². The third-order valence-electron chi connectivity index (χ3n) is 2.69. The van der Waals surface area contributed by atoms with E-state index in [1.165, 1.54) is 12.3 Å². The SMILES string of the molecule is O=C(O)c1ccccc1Oc1cnc2[nH]c(=O)[nH]c2c1. The molecule has 1 aromatic carbocycles. The maximum atomic E-state index is 11.1. The number of nitrogens with zero attached hydrogens (tertiary/aromatic N) is 1. The highest BCUT2D eigenvalue weighted by Crippen LogP contribution is 2.25. The van der Waals surface area contributed by atoms with Gasteiger partial charge in [0.2, 0.25) is 0 Å². The number of para-hydroxylation sites is 1. The van der Waals surface area contributed by atoms with Gasteiger partial charge < -0.3 is 14.8 Å². The van der Waals surface area contributed by atoms with Crippen molar-refractivity contribution in [1.29, 1.82) is 0 Å². The quantitative estimate of drug-likeness (QED) is 0.672. The molecule has 0 radical (unpaired) electrons. The molecule has 0 fully saturated rings. The number of fused-ring (bicyclic) bond motifs is 1. The van der Waals surface area contributed by atoms with Crippen molar-refractivity contribution in [1.82, 2.24) is 15.0 Å². The van der Waals surface area contributed by atoms with Crippen LogP contribution < -0.4 is 10.4 Å².